The van der Waals surface area contributed by atoms with Crippen molar-refractivity contribution in [1.82, 2.24) is 4.57 Å². The van der Waals surface area contributed by atoms with E-state index < -0.39 is 11.7 Å². The van der Waals surface area contributed by atoms with Crippen molar-refractivity contribution >= 4 is 28.9 Å². The van der Waals surface area contributed by atoms with Gasteiger partial charge in [0.25, 0.3) is 5.56 Å². The molecule has 0 saturated heterocycles. The quantitative estimate of drug-likeness (QED) is 0.907. The average molecular weight is 296 g/mol. The van der Waals surface area contributed by atoms with Crippen LogP contribution in [0.3, 0.4) is 0 Å². The second-order valence-corrected chi connectivity index (χ2v) is 4.51. The first-order valence-corrected chi connectivity index (χ1v) is 6.04. The van der Waals surface area contributed by atoms with Crippen LogP contribution in [-0.2, 0) is 11.3 Å². The van der Waals surface area contributed by atoms with E-state index in [0.29, 0.717) is 5.69 Å². The first kappa shape index (κ1) is 14.1. The van der Waals surface area contributed by atoms with Crippen LogP contribution in [0.2, 0.25) is 5.02 Å². The molecule has 7 heteroatoms. The highest BCUT2D eigenvalue weighted by molar-refractivity contribution is 6.33. The number of aromatic nitrogens is 1. The molecule has 1 aromatic carbocycles. The molecule has 0 atom stereocenters. The molecule has 20 heavy (non-hydrogen) atoms. The van der Waals surface area contributed by atoms with E-state index in [1.54, 1.807) is 0 Å². The number of pyridine rings is 1. The molecule has 0 bridgehead atoms. The molecule has 0 unspecified atom stereocenters. The molecule has 0 aliphatic carbocycles. The SMILES string of the molecule is Nc1ccc(=O)n(CC(=O)Nc2ccc(F)cc2Cl)c1. The topological polar surface area (TPSA) is 77.1 Å². The van der Waals surface area contributed by atoms with Crippen molar-refractivity contribution in [3.05, 3.63) is 57.7 Å². The van der Waals surface area contributed by atoms with Crippen molar-refractivity contribution in [3.63, 3.8) is 0 Å². The lowest BCUT2D eigenvalue weighted by molar-refractivity contribution is -0.116. The Balaban J connectivity index is 2.13. The number of nitrogens with one attached hydrogen (secondary N) is 1. The molecule has 0 spiro atoms. The minimum atomic E-state index is -0.500. The first-order chi connectivity index (χ1) is 9.45. The van der Waals surface area contributed by atoms with Gasteiger partial charge >= 0.3 is 0 Å². The number of nitrogen functional groups attached to an aromatic ring is 1. The number of amides is 1. The van der Waals surface area contributed by atoms with Crippen LogP contribution < -0.4 is 16.6 Å². The normalized spacial score (nSPS) is 10.3. The molecule has 1 amide bonds. The van der Waals surface area contributed by atoms with Gasteiger partial charge in [-0.25, -0.2) is 4.39 Å². The summed E-state index contributed by atoms with van der Waals surface area (Å²) in [5, 5.41) is 2.58. The van der Waals surface area contributed by atoms with E-state index in [2.05, 4.69) is 5.32 Å². The van der Waals surface area contributed by atoms with E-state index in [-0.39, 0.29) is 22.8 Å². The maximum Gasteiger partial charge on any atom is 0.251 e. The van der Waals surface area contributed by atoms with Crippen molar-refractivity contribution in [3.8, 4) is 0 Å². The zero-order chi connectivity index (χ0) is 14.7. The highest BCUT2D eigenvalue weighted by atomic mass is 35.5. The van der Waals surface area contributed by atoms with Gasteiger partial charge in [-0.3, -0.25) is 9.59 Å². The van der Waals surface area contributed by atoms with Gasteiger partial charge in [-0.1, -0.05) is 11.6 Å². The van der Waals surface area contributed by atoms with Crippen LogP contribution in [0.5, 0.6) is 0 Å². The zero-order valence-electron chi connectivity index (χ0n) is 10.3. The largest absolute Gasteiger partial charge is 0.398 e. The fourth-order valence-corrected chi connectivity index (χ4v) is 1.82. The Hall–Kier alpha value is -2.34. The molecule has 0 radical (unpaired) electrons. The Morgan fingerprint density at radius 3 is 2.80 bits per heavy atom. The maximum absolute atomic E-state index is 12.9. The lowest BCUT2D eigenvalue weighted by Crippen LogP contribution is -2.27. The molecule has 2 rings (SSSR count). The minimum absolute atomic E-state index is 0.0817. The van der Waals surface area contributed by atoms with Gasteiger partial charge in [0, 0.05) is 18.0 Å². The van der Waals surface area contributed by atoms with Crippen LogP contribution in [0.25, 0.3) is 0 Å². The molecule has 0 aliphatic heterocycles. The van der Waals surface area contributed by atoms with Crippen molar-refractivity contribution in [1.29, 1.82) is 0 Å². The number of rotatable bonds is 3. The molecule has 0 aliphatic rings. The van der Waals surface area contributed by atoms with Gasteiger partial charge in [0.15, 0.2) is 0 Å². The molecule has 104 valence electrons. The fourth-order valence-electron chi connectivity index (χ4n) is 1.61. The number of hydrogen-bond donors (Lipinski definition) is 2. The van der Waals surface area contributed by atoms with E-state index in [0.717, 1.165) is 6.07 Å². The van der Waals surface area contributed by atoms with Crippen LogP contribution in [0, 0.1) is 5.82 Å². The first-order valence-electron chi connectivity index (χ1n) is 5.66. The Bertz CT molecular complexity index is 715. The number of hydrogen-bond acceptors (Lipinski definition) is 3. The molecule has 1 heterocycles. The van der Waals surface area contributed by atoms with Crippen LogP contribution in [0.4, 0.5) is 15.8 Å². The van der Waals surface area contributed by atoms with E-state index in [1.807, 2.05) is 0 Å². The molecular formula is C13H11ClFN3O2. The third-order valence-corrected chi connectivity index (χ3v) is 2.84. The summed E-state index contributed by atoms with van der Waals surface area (Å²) >= 11 is 5.79. The summed E-state index contributed by atoms with van der Waals surface area (Å²) in [5.41, 5.74) is 5.84. The molecule has 0 fully saturated rings. The third kappa shape index (κ3) is 3.36. The van der Waals surface area contributed by atoms with Crippen LogP contribution >= 0.6 is 11.6 Å². The number of anilines is 2. The van der Waals surface area contributed by atoms with Gasteiger partial charge < -0.3 is 15.6 Å². The Morgan fingerprint density at radius 2 is 2.10 bits per heavy atom. The third-order valence-electron chi connectivity index (χ3n) is 2.53. The molecule has 0 saturated carbocycles. The monoisotopic (exact) mass is 295 g/mol. The summed E-state index contributed by atoms with van der Waals surface area (Å²) < 4.78 is 14.0. The molecule has 2 aromatic rings. The molecule has 1 aromatic heterocycles. The molecule has 3 N–H and O–H groups in total. The van der Waals surface area contributed by atoms with Gasteiger partial charge in [0.2, 0.25) is 5.91 Å². The number of carbonyl (C=O) groups is 1. The number of halogens is 2. The van der Waals surface area contributed by atoms with Gasteiger partial charge in [-0.05, 0) is 24.3 Å². The smallest absolute Gasteiger partial charge is 0.251 e. The summed E-state index contributed by atoms with van der Waals surface area (Å²) in [7, 11) is 0. The predicted octanol–water partition coefficient (Wildman–Crippen LogP) is 1.86. The van der Waals surface area contributed by atoms with E-state index in [9.17, 15) is 14.0 Å². The van der Waals surface area contributed by atoms with Gasteiger partial charge in [-0.15, -0.1) is 0 Å². The summed E-state index contributed by atoms with van der Waals surface area (Å²) in [6.07, 6.45) is 1.37. The van der Waals surface area contributed by atoms with E-state index in [1.165, 1.54) is 35.0 Å². The van der Waals surface area contributed by atoms with Gasteiger partial charge in [0.05, 0.1) is 10.7 Å². The summed E-state index contributed by atoms with van der Waals surface area (Å²) in [5.74, 6) is -0.966. The standard InChI is InChI=1S/C13H11ClFN3O2/c14-10-5-8(15)1-3-11(10)17-12(19)7-18-6-9(16)2-4-13(18)20/h1-6H,7,16H2,(H,17,19). The lowest BCUT2D eigenvalue weighted by atomic mass is 10.3. The van der Waals surface area contributed by atoms with E-state index >= 15 is 0 Å². The molecule has 5 nitrogen and oxygen atoms in total. The Kier molecular flexibility index (Phi) is 4.05. The Labute approximate surface area is 118 Å². The number of carbonyl (C=O) groups excluding carboxylic acids is 1. The number of nitrogens with zero attached hydrogens (tertiary/aromatic N) is 1. The maximum atomic E-state index is 12.9. The molecular weight excluding hydrogens is 285 g/mol. The van der Waals surface area contributed by atoms with Crippen molar-refractivity contribution in [2.45, 2.75) is 6.54 Å². The minimum Gasteiger partial charge on any atom is -0.398 e. The summed E-state index contributed by atoms with van der Waals surface area (Å²) in [6, 6.07) is 6.33. The van der Waals surface area contributed by atoms with Crippen LogP contribution in [-0.4, -0.2) is 10.5 Å². The average Bonchev–Trinajstić information content (AvgIpc) is 2.37. The lowest BCUT2D eigenvalue weighted by Gasteiger charge is -2.09. The highest BCUT2D eigenvalue weighted by Crippen LogP contribution is 2.22. The van der Waals surface area contributed by atoms with Crippen molar-refractivity contribution in [2.75, 3.05) is 11.1 Å². The summed E-state index contributed by atoms with van der Waals surface area (Å²) in [4.78, 5) is 23.3. The van der Waals surface area contributed by atoms with E-state index in [4.69, 9.17) is 17.3 Å². The number of nitrogens with two attached hydrogens (primary N) is 1. The Morgan fingerprint density at radius 1 is 1.35 bits per heavy atom. The number of benzene rings is 1. The second kappa shape index (κ2) is 5.75. The van der Waals surface area contributed by atoms with Gasteiger partial charge in [-0.2, -0.15) is 0 Å². The van der Waals surface area contributed by atoms with Crippen LogP contribution in [0.15, 0.2) is 41.3 Å². The van der Waals surface area contributed by atoms with Crippen molar-refractivity contribution < 1.29 is 9.18 Å². The fraction of sp³-hybridized carbons (Fsp3) is 0.0769. The predicted molar refractivity (Wildman–Crippen MR) is 75.2 cm³/mol. The van der Waals surface area contributed by atoms with Gasteiger partial charge in [0.1, 0.15) is 12.4 Å². The van der Waals surface area contributed by atoms with Crippen molar-refractivity contribution in [2.24, 2.45) is 0 Å². The summed E-state index contributed by atoms with van der Waals surface area (Å²) in [6.45, 7) is -0.211. The second-order valence-electron chi connectivity index (χ2n) is 4.10. The van der Waals surface area contributed by atoms with Crippen LogP contribution in [0.1, 0.15) is 0 Å². The highest BCUT2D eigenvalue weighted by Gasteiger charge is 2.08. The zero-order valence-corrected chi connectivity index (χ0v) is 11.0.